The van der Waals surface area contributed by atoms with Crippen LogP contribution in [-0.4, -0.2) is 19.3 Å². The van der Waals surface area contributed by atoms with Crippen molar-refractivity contribution in [3.63, 3.8) is 0 Å². The van der Waals surface area contributed by atoms with E-state index in [-0.39, 0.29) is 27.7 Å². The topological polar surface area (TPSA) is 87.7 Å². The summed E-state index contributed by atoms with van der Waals surface area (Å²) < 4.78 is 49.1. The van der Waals surface area contributed by atoms with Gasteiger partial charge in [0.25, 0.3) is 0 Å². The normalized spacial score (nSPS) is 20.1. The fourth-order valence-corrected chi connectivity index (χ4v) is 7.39. The number of fused-ring (bicyclic) bond motifs is 1. The number of rotatable bonds is 3. The highest BCUT2D eigenvalue weighted by Gasteiger charge is 2.43. The van der Waals surface area contributed by atoms with Gasteiger partial charge in [-0.1, -0.05) is 32.0 Å². The summed E-state index contributed by atoms with van der Waals surface area (Å²) in [6.45, 7) is 3.76. The molecular weight excluding hydrogens is 535 g/mol. The van der Waals surface area contributed by atoms with E-state index < -0.39 is 27.1 Å². The zero-order valence-corrected chi connectivity index (χ0v) is 21.5. The number of aromatic hydroxyl groups is 1. The molecule has 3 aromatic rings. The zero-order chi connectivity index (χ0) is 25.0. The third kappa shape index (κ3) is 4.50. The summed E-state index contributed by atoms with van der Waals surface area (Å²) >= 11 is 3.41. The summed E-state index contributed by atoms with van der Waals surface area (Å²) in [5.74, 6) is 0.113. The molecule has 3 aromatic carbocycles. The number of ether oxygens (including phenoxy) is 1. The molecule has 0 aromatic heterocycles. The number of phenols is 1. The first-order chi connectivity index (χ1) is 16.5. The molecule has 9 heteroatoms. The summed E-state index contributed by atoms with van der Waals surface area (Å²) in [5.41, 5.74) is 0.934. The van der Waals surface area contributed by atoms with Crippen molar-refractivity contribution >= 4 is 37.1 Å². The number of halogens is 2. The van der Waals surface area contributed by atoms with Crippen molar-refractivity contribution < 1.29 is 22.7 Å². The van der Waals surface area contributed by atoms with Crippen molar-refractivity contribution in [2.45, 2.75) is 26.3 Å². The van der Waals surface area contributed by atoms with Crippen molar-refractivity contribution in [2.24, 2.45) is 5.41 Å². The zero-order valence-electron chi connectivity index (χ0n) is 19.1. The number of anilines is 2. The lowest BCUT2D eigenvalue weighted by Crippen LogP contribution is -2.35. The van der Waals surface area contributed by atoms with E-state index in [1.165, 1.54) is 18.2 Å². The SMILES string of the molecule is CC1(C)CC2=C(C(c3ccc(Oc4ccccc4Br)cc3F)Nc3cccc(O)c3N2)S(=O)(=O)C1. The van der Waals surface area contributed by atoms with Gasteiger partial charge in [-0.2, -0.15) is 0 Å². The monoisotopic (exact) mass is 558 g/mol. The summed E-state index contributed by atoms with van der Waals surface area (Å²) in [7, 11) is -3.75. The lowest BCUT2D eigenvalue weighted by atomic mass is 9.88. The molecular formula is C26H24BrFN2O4S. The van der Waals surface area contributed by atoms with Crippen LogP contribution in [0.25, 0.3) is 0 Å². The Morgan fingerprint density at radius 2 is 1.89 bits per heavy atom. The molecule has 2 aliphatic rings. The van der Waals surface area contributed by atoms with E-state index in [1.54, 1.807) is 24.3 Å². The first kappa shape index (κ1) is 23.7. The lowest BCUT2D eigenvalue weighted by Gasteiger charge is -2.34. The first-order valence-corrected chi connectivity index (χ1v) is 13.5. The van der Waals surface area contributed by atoms with Crippen molar-refractivity contribution in [2.75, 3.05) is 16.4 Å². The van der Waals surface area contributed by atoms with Gasteiger partial charge >= 0.3 is 0 Å². The molecule has 35 heavy (non-hydrogen) atoms. The van der Waals surface area contributed by atoms with Gasteiger partial charge in [0.05, 0.1) is 26.9 Å². The highest BCUT2D eigenvalue weighted by Crippen LogP contribution is 2.48. The Labute approximate surface area is 211 Å². The van der Waals surface area contributed by atoms with Crippen LogP contribution < -0.4 is 15.4 Å². The summed E-state index contributed by atoms with van der Waals surface area (Å²) in [6, 6.07) is 15.5. The Kier molecular flexibility index (Phi) is 5.80. The molecule has 2 aliphatic heterocycles. The summed E-state index contributed by atoms with van der Waals surface area (Å²) in [4.78, 5) is 0.0887. The van der Waals surface area contributed by atoms with Gasteiger partial charge in [-0.05, 0) is 64.2 Å². The van der Waals surface area contributed by atoms with Crippen LogP contribution in [0.4, 0.5) is 15.8 Å². The second kappa shape index (κ2) is 8.57. The number of hydrogen-bond donors (Lipinski definition) is 3. The summed E-state index contributed by atoms with van der Waals surface area (Å²) in [5, 5.41) is 16.8. The number of phenolic OH excluding ortho intramolecular Hbond substituents is 1. The molecule has 2 heterocycles. The van der Waals surface area contributed by atoms with E-state index in [0.717, 1.165) is 4.47 Å². The highest BCUT2D eigenvalue weighted by molar-refractivity contribution is 9.10. The van der Waals surface area contributed by atoms with Crippen LogP contribution in [-0.2, 0) is 9.84 Å². The predicted octanol–water partition coefficient (Wildman–Crippen LogP) is 6.72. The Morgan fingerprint density at radius 1 is 1.11 bits per heavy atom. The molecule has 0 bridgehead atoms. The fraction of sp³-hybridized carbons (Fsp3) is 0.231. The molecule has 0 fully saturated rings. The molecule has 5 rings (SSSR count). The van der Waals surface area contributed by atoms with Crippen LogP contribution in [0.2, 0.25) is 0 Å². The van der Waals surface area contributed by atoms with Gasteiger partial charge in [-0.15, -0.1) is 0 Å². The van der Waals surface area contributed by atoms with Crippen LogP contribution in [0.1, 0.15) is 31.9 Å². The average molecular weight is 559 g/mol. The average Bonchev–Trinajstić information content (AvgIpc) is 2.92. The van der Waals surface area contributed by atoms with Crippen molar-refractivity contribution in [1.29, 1.82) is 0 Å². The Hall–Kier alpha value is -3.04. The lowest BCUT2D eigenvalue weighted by molar-refractivity contribution is 0.400. The maximum atomic E-state index is 15.6. The van der Waals surface area contributed by atoms with E-state index in [4.69, 9.17) is 4.74 Å². The standard InChI is InChI=1S/C26H24BrFN2O4S/c1-26(2)13-20-25(35(32,33)14-26)23(29-19-7-5-8-21(31)24(19)30-20)16-11-10-15(12-18(16)28)34-22-9-4-3-6-17(22)27/h3-12,23,29-31H,13-14H2,1-2H3. The number of sulfone groups is 1. The largest absolute Gasteiger partial charge is 0.506 e. The Bertz CT molecular complexity index is 1470. The second-order valence-electron chi connectivity index (χ2n) is 9.56. The molecule has 182 valence electrons. The van der Waals surface area contributed by atoms with Gasteiger partial charge < -0.3 is 20.5 Å². The second-order valence-corrected chi connectivity index (χ2v) is 12.4. The number of nitrogens with one attached hydrogen (secondary N) is 2. The van der Waals surface area contributed by atoms with Crippen molar-refractivity contribution in [3.8, 4) is 17.2 Å². The van der Waals surface area contributed by atoms with Crippen LogP contribution in [0.5, 0.6) is 17.2 Å². The molecule has 0 aliphatic carbocycles. The van der Waals surface area contributed by atoms with Crippen molar-refractivity contribution in [1.82, 2.24) is 0 Å². The minimum Gasteiger partial charge on any atom is -0.506 e. The highest BCUT2D eigenvalue weighted by atomic mass is 79.9. The van der Waals surface area contributed by atoms with Crippen molar-refractivity contribution in [3.05, 3.63) is 87.1 Å². The van der Waals surface area contributed by atoms with E-state index in [0.29, 0.717) is 29.2 Å². The molecule has 0 amide bonds. The fourth-order valence-electron chi connectivity index (χ4n) is 4.70. The molecule has 6 nitrogen and oxygen atoms in total. The minimum absolute atomic E-state index is 0.0269. The third-order valence-electron chi connectivity index (χ3n) is 6.10. The number of benzene rings is 3. The number of hydrogen-bond acceptors (Lipinski definition) is 6. The smallest absolute Gasteiger partial charge is 0.179 e. The number of para-hydroxylation sites is 2. The van der Waals surface area contributed by atoms with Gasteiger partial charge in [-0.3, -0.25) is 0 Å². The van der Waals surface area contributed by atoms with Crippen LogP contribution in [0.15, 0.2) is 75.7 Å². The maximum Gasteiger partial charge on any atom is 0.179 e. The third-order valence-corrected chi connectivity index (χ3v) is 9.07. The molecule has 0 radical (unpaired) electrons. The Balaban J connectivity index is 1.62. The molecule has 3 N–H and O–H groups in total. The molecule has 0 saturated carbocycles. The molecule has 0 saturated heterocycles. The van der Waals surface area contributed by atoms with E-state index >= 15 is 4.39 Å². The maximum absolute atomic E-state index is 15.6. The Morgan fingerprint density at radius 3 is 2.63 bits per heavy atom. The number of allylic oxidation sites excluding steroid dienone is 1. The summed E-state index contributed by atoms with van der Waals surface area (Å²) in [6.07, 6.45) is 0.429. The molecule has 1 atom stereocenters. The molecule has 1 unspecified atom stereocenters. The van der Waals surface area contributed by atoms with Gasteiger partial charge in [0.1, 0.15) is 28.8 Å². The van der Waals surface area contributed by atoms with E-state index in [1.807, 2.05) is 32.0 Å². The van der Waals surface area contributed by atoms with Gasteiger partial charge in [0.15, 0.2) is 9.84 Å². The van der Waals surface area contributed by atoms with Crippen LogP contribution in [0.3, 0.4) is 0 Å². The van der Waals surface area contributed by atoms with E-state index in [9.17, 15) is 13.5 Å². The van der Waals surface area contributed by atoms with Gasteiger partial charge in [0.2, 0.25) is 0 Å². The quantitative estimate of drug-likeness (QED) is 0.309. The molecule has 0 spiro atoms. The minimum atomic E-state index is -3.75. The predicted molar refractivity (Wildman–Crippen MR) is 138 cm³/mol. The first-order valence-electron chi connectivity index (χ1n) is 11.1. The van der Waals surface area contributed by atoms with Gasteiger partial charge in [-0.25, -0.2) is 12.8 Å². The van der Waals surface area contributed by atoms with Crippen LogP contribution in [0, 0.1) is 11.2 Å². The van der Waals surface area contributed by atoms with Gasteiger partial charge in [0, 0.05) is 17.3 Å². The van der Waals surface area contributed by atoms with Crippen LogP contribution >= 0.6 is 15.9 Å². The van der Waals surface area contributed by atoms with E-state index in [2.05, 4.69) is 26.6 Å².